The van der Waals surface area contributed by atoms with E-state index in [1.165, 1.54) is 7.11 Å². The highest BCUT2D eigenvalue weighted by Gasteiger charge is 2.48. The minimum atomic E-state index is -0.573. The molecule has 3 aliphatic rings. The zero-order chi connectivity index (χ0) is 26.2. The average molecular weight is 517 g/mol. The Morgan fingerprint density at radius 2 is 1.82 bits per heavy atom. The average Bonchev–Trinajstić information content (AvgIpc) is 3.33. The molecule has 3 aliphatic heterocycles. The number of nitrogens with zero attached hydrogens (tertiary/aromatic N) is 3. The van der Waals surface area contributed by atoms with Crippen molar-refractivity contribution < 1.29 is 23.9 Å². The third kappa shape index (κ3) is 4.35. The van der Waals surface area contributed by atoms with E-state index >= 15 is 0 Å². The number of hydrogen-bond donors (Lipinski definition) is 1. The first-order valence-corrected chi connectivity index (χ1v) is 13.2. The van der Waals surface area contributed by atoms with Crippen molar-refractivity contribution in [2.24, 2.45) is 0 Å². The van der Waals surface area contributed by atoms with Gasteiger partial charge in [-0.25, -0.2) is 4.79 Å². The summed E-state index contributed by atoms with van der Waals surface area (Å²) in [5.41, 5.74) is 4.26. The molecule has 2 fully saturated rings. The SMILES string of the molecule is COC(=O)c1ccc(C2c3[nH]c4ccccc4c3CC3C(=O)N(CCCN4CCOCC4)CC(=O)N32)cc1. The summed E-state index contributed by atoms with van der Waals surface area (Å²) >= 11 is 0. The Morgan fingerprint density at radius 1 is 1.05 bits per heavy atom. The maximum absolute atomic E-state index is 13.8. The lowest BCUT2D eigenvalue weighted by Crippen LogP contribution is -2.63. The molecule has 1 aromatic heterocycles. The lowest BCUT2D eigenvalue weighted by Gasteiger charge is -2.47. The molecule has 0 radical (unpaired) electrons. The number of esters is 1. The van der Waals surface area contributed by atoms with Crippen LogP contribution >= 0.6 is 0 Å². The Kier molecular flexibility index (Phi) is 6.63. The number of carbonyl (C=O) groups excluding carboxylic acids is 3. The number of ether oxygens (including phenoxy) is 2. The molecule has 6 rings (SSSR count). The van der Waals surface area contributed by atoms with E-state index in [1.54, 1.807) is 21.9 Å². The summed E-state index contributed by atoms with van der Waals surface area (Å²) in [6.45, 7) is 4.82. The number of piperazine rings is 1. The molecule has 2 amide bonds. The summed E-state index contributed by atoms with van der Waals surface area (Å²) in [6, 6.07) is 14.1. The standard InChI is InChI=1S/C29H32N4O5/c1-37-29(36)20-9-7-19(8-10-20)27-26-22(21-5-2-3-6-23(21)30-26)17-24-28(35)32(18-25(34)33(24)27)12-4-11-31-13-15-38-16-14-31/h2-3,5-10,24,27,30H,4,11-18H2,1H3. The molecule has 9 heteroatoms. The second-order valence-electron chi connectivity index (χ2n) is 10.2. The number of rotatable bonds is 6. The largest absolute Gasteiger partial charge is 0.465 e. The Morgan fingerprint density at radius 3 is 2.58 bits per heavy atom. The van der Waals surface area contributed by atoms with Crippen molar-refractivity contribution in [3.63, 3.8) is 0 Å². The minimum absolute atomic E-state index is 0.00121. The molecule has 2 aromatic carbocycles. The maximum atomic E-state index is 13.8. The predicted octanol–water partition coefficient (Wildman–Crippen LogP) is 2.36. The van der Waals surface area contributed by atoms with Gasteiger partial charge in [0.2, 0.25) is 11.8 Å². The van der Waals surface area contributed by atoms with Gasteiger partial charge in [-0.05, 0) is 35.7 Å². The molecule has 0 aliphatic carbocycles. The van der Waals surface area contributed by atoms with Gasteiger partial charge in [-0.1, -0.05) is 30.3 Å². The molecule has 9 nitrogen and oxygen atoms in total. The summed E-state index contributed by atoms with van der Waals surface area (Å²) in [5, 5.41) is 1.07. The zero-order valence-corrected chi connectivity index (χ0v) is 21.5. The number of methoxy groups -OCH3 is 1. The quantitative estimate of drug-likeness (QED) is 0.506. The van der Waals surface area contributed by atoms with E-state index in [0.29, 0.717) is 18.5 Å². The van der Waals surface area contributed by atoms with Crippen LogP contribution in [0.3, 0.4) is 0 Å². The number of para-hydroxylation sites is 1. The molecule has 0 bridgehead atoms. The Bertz CT molecular complexity index is 1360. The van der Waals surface area contributed by atoms with Crippen molar-refractivity contribution in [2.45, 2.75) is 24.9 Å². The van der Waals surface area contributed by atoms with E-state index in [2.05, 4.69) is 16.0 Å². The van der Waals surface area contributed by atoms with Crippen LogP contribution in [-0.2, 0) is 25.5 Å². The van der Waals surface area contributed by atoms with Crippen LogP contribution in [-0.4, -0.2) is 96.6 Å². The first-order valence-electron chi connectivity index (χ1n) is 13.2. The summed E-state index contributed by atoms with van der Waals surface area (Å²) in [7, 11) is 1.35. The van der Waals surface area contributed by atoms with Gasteiger partial charge >= 0.3 is 5.97 Å². The number of nitrogens with one attached hydrogen (secondary N) is 1. The van der Waals surface area contributed by atoms with E-state index in [4.69, 9.17) is 9.47 Å². The summed E-state index contributed by atoms with van der Waals surface area (Å²) in [6.07, 6.45) is 1.29. The van der Waals surface area contributed by atoms with Crippen molar-refractivity contribution in [2.75, 3.05) is 53.0 Å². The molecule has 1 N–H and O–H groups in total. The molecular weight excluding hydrogens is 484 g/mol. The van der Waals surface area contributed by atoms with E-state index in [9.17, 15) is 14.4 Å². The normalized spacial score (nSPS) is 21.9. The van der Waals surface area contributed by atoms with Crippen LogP contribution in [0.1, 0.15) is 39.6 Å². The van der Waals surface area contributed by atoms with Crippen LogP contribution in [0.5, 0.6) is 0 Å². The number of morpholine rings is 1. The number of aromatic nitrogens is 1. The fourth-order valence-electron chi connectivity index (χ4n) is 6.09. The molecule has 38 heavy (non-hydrogen) atoms. The molecular formula is C29H32N4O5. The van der Waals surface area contributed by atoms with Crippen LogP contribution in [0.4, 0.5) is 0 Å². The first-order chi connectivity index (χ1) is 18.5. The van der Waals surface area contributed by atoms with Crippen molar-refractivity contribution in [3.05, 3.63) is 70.9 Å². The van der Waals surface area contributed by atoms with Gasteiger partial charge in [0.15, 0.2) is 0 Å². The smallest absolute Gasteiger partial charge is 0.337 e. The van der Waals surface area contributed by atoms with E-state index < -0.39 is 18.1 Å². The molecule has 2 unspecified atom stereocenters. The molecule has 198 valence electrons. The summed E-state index contributed by atoms with van der Waals surface area (Å²) in [4.78, 5) is 48.9. The number of fused-ring (bicyclic) bond motifs is 4. The van der Waals surface area contributed by atoms with Gasteiger partial charge in [-0.15, -0.1) is 0 Å². The second kappa shape index (κ2) is 10.2. The number of carbonyl (C=O) groups is 3. The van der Waals surface area contributed by atoms with Crippen LogP contribution in [0.25, 0.3) is 10.9 Å². The first kappa shape index (κ1) is 24.6. The van der Waals surface area contributed by atoms with Gasteiger partial charge in [0.25, 0.3) is 0 Å². The molecule has 2 atom stereocenters. The van der Waals surface area contributed by atoms with Gasteiger partial charge in [-0.2, -0.15) is 0 Å². The topological polar surface area (TPSA) is 95.2 Å². The molecule has 2 saturated heterocycles. The Balaban J connectivity index is 1.32. The molecule has 4 heterocycles. The second-order valence-corrected chi connectivity index (χ2v) is 10.2. The van der Waals surface area contributed by atoms with E-state index in [-0.39, 0.29) is 18.4 Å². The van der Waals surface area contributed by atoms with Gasteiger partial charge in [0.1, 0.15) is 6.04 Å². The number of H-pyrrole nitrogens is 1. The fourth-order valence-corrected chi connectivity index (χ4v) is 6.09. The molecule has 0 spiro atoms. The zero-order valence-electron chi connectivity index (χ0n) is 21.5. The summed E-state index contributed by atoms with van der Waals surface area (Å²) < 4.78 is 10.3. The van der Waals surface area contributed by atoms with Gasteiger partial charge in [-0.3, -0.25) is 14.5 Å². The third-order valence-electron chi connectivity index (χ3n) is 8.00. The lowest BCUT2D eigenvalue weighted by molar-refractivity contribution is -0.158. The van der Waals surface area contributed by atoms with Gasteiger partial charge < -0.3 is 24.3 Å². The van der Waals surface area contributed by atoms with Crippen LogP contribution in [0.2, 0.25) is 0 Å². The molecule has 0 saturated carbocycles. The highest BCUT2D eigenvalue weighted by Crippen LogP contribution is 2.42. The van der Waals surface area contributed by atoms with Crippen LogP contribution in [0, 0.1) is 0 Å². The van der Waals surface area contributed by atoms with Gasteiger partial charge in [0.05, 0.1) is 38.5 Å². The summed E-state index contributed by atoms with van der Waals surface area (Å²) in [5.74, 6) is -0.479. The van der Waals surface area contributed by atoms with Crippen molar-refractivity contribution in [1.29, 1.82) is 0 Å². The Hall–Kier alpha value is -3.69. The Labute approximate surface area is 221 Å². The highest BCUT2D eigenvalue weighted by molar-refractivity contribution is 5.97. The third-order valence-corrected chi connectivity index (χ3v) is 8.00. The minimum Gasteiger partial charge on any atom is -0.465 e. The highest BCUT2D eigenvalue weighted by atomic mass is 16.5. The lowest BCUT2D eigenvalue weighted by atomic mass is 9.86. The van der Waals surface area contributed by atoms with Gasteiger partial charge in [0, 0.05) is 49.2 Å². The van der Waals surface area contributed by atoms with Crippen molar-refractivity contribution in [1.82, 2.24) is 19.7 Å². The van der Waals surface area contributed by atoms with Crippen LogP contribution in [0.15, 0.2) is 48.5 Å². The predicted molar refractivity (Wildman–Crippen MR) is 141 cm³/mol. The monoisotopic (exact) mass is 516 g/mol. The van der Waals surface area contributed by atoms with E-state index in [0.717, 1.165) is 67.0 Å². The van der Waals surface area contributed by atoms with Crippen molar-refractivity contribution in [3.8, 4) is 0 Å². The van der Waals surface area contributed by atoms with E-state index in [1.807, 2.05) is 30.3 Å². The maximum Gasteiger partial charge on any atom is 0.337 e. The number of amides is 2. The fraction of sp³-hybridized carbons (Fsp3) is 0.414. The number of benzene rings is 2. The van der Waals surface area contributed by atoms with Crippen LogP contribution < -0.4 is 0 Å². The number of aromatic amines is 1. The molecule has 3 aromatic rings. The number of hydrogen-bond acceptors (Lipinski definition) is 6. The van der Waals surface area contributed by atoms with Crippen molar-refractivity contribution >= 4 is 28.7 Å².